The molecule has 5 rings (SSSR count). The topological polar surface area (TPSA) is 136 Å². The fourth-order valence-electron chi connectivity index (χ4n) is 5.80. The SMILES string of the molecule is CC[C@H](C)[C@H](N)C(=O)N1C[C@@H](C(=O)NCCc2c[nH]c3ccccc23)[C@H](C(=O)NCCc2c[nH]c3ccccc23)C1. The molecule has 0 unspecified atom stereocenters. The summed E-state index contributed by atoms with van der Waals surface area (Å²) in [6, 6.07) is 15.5. The van der Waals surface area contributed by atoms with Crippen molar-refractivity contribution in [2.24, 2.45) is 23.5 Å². The number of benzene rings is 2. The number of aromatic amines is 2. The van der Waals surface area contributed by atoms with Crippen molar-refractivity contribution in [2.75, 3.05) is 26.2 Å². The lowest BCUT2D eigenvalue weighted by Gasteiger charge is -2.24. The van der Waals surface area contributed by atoms with Crippen LogP contribution in [0.5, 0.6) is 0 Å². The van der Waals surface area contributed by atoms with E-state index in [-0.39, 0.29) is 36.7 Å². The number of H-pyrrole nitrogens is 2. The van der Waals surface area contributed by atoms with Gasteiger partial charge in [0.05, 0.1) is 17.9 Å². The zero-order valence-corrected chi connectivity index (χ0v) is 23.8. The van der Waals surface area contributed by atoms with Crippen molar-refractivity contribution < 1.29 is 14.4 Å². The Kier molecular flexibility index (Phi) is 8.73. The zero-order valence-electron chi connectivity index (χ0n) is 23.8. The van der Waals surface area contributed by atoms with E-state index in [1.54, 1.807) is 4.90 Å². The van der Waals surface area contributed by atoms with Gasteiger partial charge < -0.3 is 31.2 Å². The minimum Gasteiger partial charge on any atom is -0.361 e. The molecule has 1 fully saturated rings. The van der Waals surface area contributed by atoms with Crippen LogP contribution in [0.4, 0.5) is 0 Å². The number of para-hydroxylation sites is 2. The molecule has 0 bridgehead atoms. The van der Waals surface area contributed by atoms with Crippen molar-refractivity contribution in [3.63, 3.8) is 0 Å². The van der Waals surface area contributed by atoms with Crippen LogP contribution in [0.2, 0.25) is 0 Å². The van der Waals surface area contributed by atoms with E-state index in [4.69, 9.17) is 5.73 Å². The highest BCUT2D eigenvalue weighted by Gasteiger charge is 2.44. The summed E-state index contributed by atoms with van der Waals surface area (Å²) in [5.74, 6) is -1.90. The monoisotopic (exact) mass is 556 g/mol. The zero-order chi connectivity index (χ0) is 28.9. The molecule has 0 radical (unpaired) electrons. The molecule has 2 aromatic carbocycles. The second kappa shape index (κ2) is 12.6. The summed E-state index contributed by atoms with van der Waals surface area (Å²) in [5, 5.41) is 8.32. The molecule has 1 aliphatic heterocycles. The Labute approximate surface area is 240 Å². The maximum Gasteiger partial charge on any atom is 0.239 e. The fraction of sp³-hybridized carbons (Fsp3) is 0.406. The number of aromatic nitrogens is 2. The molecular formula is C32H40N6O3. The Morgan fingerprint density at radius 2 is 1.32 bits per heavy atom. The third kappa shape index (κ3) is 6.15. The average Bonchev–Trinajstić information content (AvgIpc) is 3.73. The molecule has 2 aromatic heterocycles. The maximum absolute atomic E-state index is 13.4. The fourth-order valence-corrected chi connectivity index (χ4v) is 5.80. The van der Waals surface area contributed by atoms with Crippen LogP contribution in [-0.4, -0.2) is 64.8 Å². The molecule has 41 heavy (non-hydrogen) atoms. The number of hydrogen-bond acceptors (Lipinski definition) is 4. The van der Waals surface area contributed by atoms with Crippen molar-refractivity contribution in [3.05, 3.63) is 72.1 Å². The number of rotatable bonds is 11. The first-order chi connectivity index (χ1) is 19.9. The molecule has 4 atom stereocenters. The first-order valence-electron chi connectivity index (χ1n) is 14.6. The highest BCUT2D eigenvalue weighted by molar-refractivity contribution is 5.91. The van der Waals surface area contributed by atoms with E-state index in [0.29, 0.717) is 25.9 Å². The summed E-state index contributed by atoms with van der Waals surface area (Å²) >= 11 is 0. The van der Waals surface area contributed by atoms with E-state index in [1.807, 2.05) is 62.6 Å². The van der Waals surface area contributed by atoms with Gasteiger partial charge in [-0.15, -0.1) is 0 Å². The van der Waals surface area contributed by atoms with Crippen molar-refractivity contribution >= 4 is 39.5 Å². The predicted octanol–water partition coefficient (Wildman–Crippen LogP) is 3.11. The summed E-state index contributed by atoms with van der Waals surface area (Å²) in [6.07, 6.45) is 6.02. The van der Waals surface area contributed by atoms with Crippen LogP contribution in [0.15, 0.2) is 60.9 Å². The van der Waals surface area contributed by atoms with Crippen molar-refractivity contribution in [1.82, 2.24) is 25.5 Å². The van der Waals surface area contributed by atoms with Crippen LogP contribution in [0.25, 0.3) is 21.8 Å². The number of nitrogens with zero attached hydrogens (tertiary/aromatic N) is 1. The molecule has 9 heteroatoms. The molecule has 0 aliphatic carbocycles. The van der Waals surface area contributed by atoms with Gasteiger partial charge in [0.1, 0.15) is 0 Å². The molecule has 3 amide bonds. The highest BCUT2D eigenvalue weighted by atomic mass is 16.2. The van der Waals surface area contributed by atoms with Crippen LogP contribution >= 0.6 is 0 Å². The number of fused-ring (bicyclic) bond motifs is 2. The van der Waals surface area contributed by atoms with Crippen LogP contribution in [0.1, 0.15) is 31.4 Å². The molecule has 0 saturated carbocycles. The Morgan fingerprint density at radius 3 is 1.78 bits per heavy atom. The lowest BCUT2D eigenvalue weighted by Crippen LogP contribution is -2.46. The van der Waals surface area contributed by atoms with Gasteiger partial charge in [-0.25, -0.2) is 0 Å². The van der Waals surface area contributed by atoms with E-state index in [9.17, 15) is 14.4 Å². The molecule has 9 nitrogen and oxygen atoms in total. The van der Waals surface area contributed by atoms with E-state index in [2.05, 4.69) is 32.7 Å². The molecule has 6 N–H and O–H groups in total. The summed E-state index contributed by atoms with van der Waals surface area (Å²) < 4.78 is 0. The quantitative estimate of drug-likeness (QED) is 0.194. The number of likely N-dealkylation sites (tertiary alicyclic amines) is 1. The largest absolute Gasteiger partial charge is 0.361 e. The van der Waals surface area contributed by atoms with E-state index < -0.39 is 17.9 Å². The van der Waals surface area contributed by atoms with Gasteiger partial charge in [0, 0.05) is 60.4 Å². The minimum atomic E-state index is -0.658. The van der Waals surface area contributed by atoms with Crippen LogP contribution < -0.4 is 16.4 Å². The Hall–Kier alpha value is -4.11. The minimum absolute atomic E-state index is 0.00926. The van der Waals surface area contributed by atoms with Gasteiger partial charge >= 0.3 is 0 Å². The third-order valence-electron chi connectivity index (χ3n) is 8.58. The second-order valence-electron chi connectivity index (χ2n) is 11.2. The third-order valence-corrected chi connectivity index (χ3v) is 8.58. The van der Waals surface area contributed by atoms with E-state index >= 15 is 0 Å². The molecular weight excluding hydrogens is 516 g/mol. The van der Waals surface area contributed by atoms with Crippen molar-refractivity contribution in [2.45, 2.75) is 39.2 Å². The number of nitrogens with two attached hydrogens (primary N) is 1. The van der Waals surface area contributed by atoms with Gasteiger partial charge in [0.25, 0.3) is 0 Å². The first-order valence-corrected chi connectivity index (χ1v) is 14.6. The van der Waals surface area contributed by atoms with Crippen LogP contribution in [0, 0.1) is 17.8 Å². The molecule has 1 saturated heterocycles. The molecule has 0 spiro atoms. The Balaban J connectivity index is 1.23. The maximum atomic E-state index is 13.4. The lowest BCUT2D eigenvalue weighted by atomic mass is 9.94. The van der Waals surface area contributed by atoms with Crippen molar-refractivity contribution in [1.29, 1.82) is 0 Å². The predicted molar refractivity (Wildman–Crippen MR) is 161 cm³/mol. The summed E-state index contributed by atoms with van der Waals surface area (Å²) in [7, 11) is 0. The summed E-state index contributed by atoms with van der Waals surface area (Å²) in [4.78, 5) is 48.2. The normalized spacial score (nSPS) is 18.5. The highest BCUT2D eigenvalue weighted by Crippen LogP contribution is 2.26. The van der Waals surface area contributed by atoms with Gasteiger partial charge in [-0.3, -0.25) is 14.4 Å². The van der Waals surface area contributed by atoms with E-state index in [0.717, 1.165) is 39.4 Å². The van der Waals surface area contributed by atoms with Gasteiger partial charge in [-0.2, -0.15) is 0 Å². The molecule has 3 heterocycles. The molecule has 4 aromatic rings. The van der Waals surface area contributed by atoms with Crippen LogP contribution in [-0.2, 0) is 27.2 Å². The van der Waals surface area contributed by atoms with Crippen molar-refractivity contribution in [3.8, 4) is 0 Å². The number of carbonyl (C=O) groups excluding carboxylic acids is 3. The average molecular weight is 557 g/mol. The smallest absolute Gasteiger partial charge is 0.239 e. The number of hydrogen-bond donors (Lipinski definition) is 5. The van der Waals surface area contributed by atoms with Gasteiger partial charge in [0.15, 0.2) is 0 Å². The summed E-state index contributed by atoms with van der Waals surface area (Å²) in [5.41, 5.74) is 10.6. The van der Waals surface area contributed by atoms with Gasteiger partial charge in [-0.05, 0) is 42.0 Å². The number of carbonyl (C=O) groups is 3. The summed E-state index contributed by atoms with van der Waals surface area (Å²) in [6.45, 7) is 5.18. The first kappa shape index (κ1) is 28.4. The molecule has 216 valence electrons. The van der Waals surface area contributed by atoms with E-state index in [1.165, 1.54) is 0 Å². The van der Waals surface area contributed by atoms with Gasteiger partial charge in [0.2, 0.25) is 17.7 Å². The number of nitrogens with one attached hydrogen (secondary N) is 4. The Morgan fingerprint density at radius 1 is 0.854 bits per heavy atom. The molecule has 1 aliphatic rings. The Bertz CT molecular complexity index is 1420. The standard InChI is InChI=1S/C32H40N6O3/c1-3-20(2)29(33)32(41)38-18-25(30(39)34-14-12-21-16-36-27-10-6-4-8-23(21)27)26(19-38)31(40)35-15-13-22-17-37-28-11-7-5-9-24(22)28/h4-11,16-17,20,25-26,29,36-37H,3,12-15,18-19,33H2,1-2H3,(H,34,39)(H,35,40)/t20-,25+,26+,29-/m0/s1. The number of amides is 3. The van der Waals surface area contributed by atoms with Crippen LogP contribution in [0.3, 0.4) is 0 Å². The van der Waals surface area contributed by atoms with Gasteiger partial charge in [-0.1, -0.05) is 56.7 Å². The lowest BCUT2D eigenvalue weighted by molar-refractivity contribution is -0.133. The second-order valence-corrected chi connectivity index (χ2v) is 11.2.